The minimum atomic E-state index is -1.57. The summed E-state index contributed by atoms with van der Waals surface area (Å²) in [4.78, 5) is 11.0. The van der Waals surface area contributed by atoms with E-state index in [4.69, 9.17) is 4.43 Å². The Morgan fingerprint density at radius 1 is 1.10 bits per heavy atom. The Bertz CT molecular complexity index is 267. The van der Waals surface area contributed by atoms with Gasteiger partial charge in [0.1, 0.15) is 6.29 Å². The van der Waals surface area contributed by atoms with E-state index in [0.717, 1.165) is 38.6 Å². The number of hydrogen-bond donors (Lipinski definition) is 0. The van der Waals surface area contributed by atoms with Crippen LogP contribution in [0.3, 0.4) is 0 Å². The van der Waals surface area contributed by atoms with Crippen LogP contribution in [0.2, 0.25) is 18.1 Å². The van der Waals surface area contributed by atoms with Gasteiger partial charge >= 0.3 is 0 Å². The van der Waals surface area contributed by atoms with Gasteiger partial charge in [-0.2, -0.15) is 0 Å². The summed E-state index contributed by atoms with van der Waals surface area (Å²) in [5.74, 6) is 0.878. The van der Waals surface area contributed by atoms with Crippen molar-refractivity contribution in [1.29, 1.82) is 0 Å². The smallest absolute Gasteiger partial charge is 0.191 e. The van der Waals surface area contributed by atoms with Gasteiger partial charge in [-0.3, -0.25) is 0 Å². The molecule has 0 bridgehead atoms. The molecule has 0 aliphatic rings. The third-order valence-electron chi connectivity index (χ3n) is 4.45. The Kier molecular flexibility index (Phi) is 8.92. The van der Waals surface area contributed by atoms with Crippen LogP contribution in [-0.4, -0.2) is 21.2 Å². The van der Waals surface area contributed by atoms with E-state index in [1.807, 2.05) is 0 Å². The van der Waals surface area contributed by atoms with Gasteiger partial charge in [-0.15, -0.1) is 0 Å². The maximum atomic E-state index is 11.0. The minimum absolute atomic E-state index is 0.260. The average Bonchev–Trinajstić information content (AvgIpc) is 2.29. The number of aldehydes is 1. The Hall–Kier alpha value is -0.153. The fourth-order valence-corrected chi connectivity index (χ4v) is 3.16. The molecule has 0 saturated heterocycles. The van der Waals surface area contributed by atoms with Gasteiger partial charge < -0.3 is 9.22 Å². The molecule has 3 heteroatoms. The molecule has 0 heterocycles. The predicted octanol–water partition coefficient (Wildman–Crippen LogP) is 5.43. The summed E-state index contributed by atoms with van der Waals surface area (Å²) in [6.07, 6.45) is 6.67. The maximum absolute atomic E-state index is 11.0. The summed E-state index contributed by atoms with van der Waals surface area (Å²) in [6, 6.07) is 0. The molecule has 0 saturated carbocycles. The van der Waals surface area contributed by atoms with E-state index < -0.39 is 8.32 Å². The molecule has 0 aliphatic carbocycles. The molecular formula is C17H36O2Si. The highest BCUT2D eigenvalue weighted by atomic mass is 28.4. The third kappa shape index (κ3) is 8.20. The number of rotatable bonds is 10. The van der Waals surface area contributed by atoms with Crippen LogP contribution >= 0.6 is 0 Å². The molecule has 2 nitrogen and oxygen atoms in total. The van der Waals surface area contributed by atoms with Crippen LogP contribution in [-0.2, 0) is 9.22 Å². The van der Waals surface area contributed by atoms with Gasteiger partial charge in [0.15, 0.2) is 8.32 Å². The first kappa shape index (κ1) is 19.8. The van der Waals surface area contributed by atoms with Crippen LogP contribution in [0.5, 0.6) is 0 Å². The fraction of sp³-hybridized carbons (Fsp3) is 0.941. The summed E-state index contributed by atoms with van der Waals surface area (Å²) in [5, 5.41) is 0.298. The topological polar surface area (TPSA) is 26.3 Å². The molecule has 1 unspecified atom stereocenters. The molecule has 0 rings (SSSR count). The molecule has 1 atom stereocenters. The molecule has 0 amide bonds. The summed E-state index contributed by atoms with van der Waals surface area (Å²) in [6.45, 7) is 16.7. The van der Waals surface area contributed by atoms with Crippen molar-refractivity contribution in [3.05, 3.63) is 0 Å². The Labute approximate surface area is 127 Å². The normalized spacial score (nSPS) is 14.6. The quantitative estimate of drug-likeness (QED) is 0.305. The Morgan fingerprint density at radius 2 is 1.70 bits per heavy atom. The molecular weight excluding hydrogens is 264 g/mol. The van der Waals surface area contributed by atoms with Crippen molar-refractivity contribution in [3.8, 4) is 0 Å². The van der Waals surface area contributed by atoms with Crippen molar-refractivity contribution in [3.63, 3.8) is 0 Å². The van der Waals surface area contributed by atoms with Crippen molar-refractivity contribution in [2.24, 2.45) is 11.8 Å². The molecule has 0 radical (unpaired) electrons. The summed E-state index contributed by atoms with van der Waals surface area (Å²) < 4.78 is 6.16. The van der Waals surface area contributed by atoms with Gasteiger partial charge in [0.2, 0.25) is 0 Å². The van der Waals surface area contributed by atoms with Gasteiger partial charge in [0.25, 0.3) is 0 Å². The minimum Gasteiger partial charge on any atom is -0.417 e. The largest absolute Gasteiger partial charge is 0.417 e. The fourth-order valence-electron chi connectivity index (χ4n) is 2.08. The number of carbonyl (C=O) groups is 1. The maximum Gasteiger partial charge on any atom is 0.191 e. The van der Waals surface area contributed by atoms with Crippen LogP contribution < -0.4 is 0 Å². The zero-order chi connectivity index (χ0) is 15.8. The third-order valence-corrected chi connectivity index (χ3v) is 8.99. The SMILES string of the molecule is CC(C)CC(C=O)CCCCCO[Si](C)(C)C(C)(C)C. The van der Waals surface area contributed by atoms with Crippen LogP contribution in [0.1, 0.15) is 66.7 Å². The zero-order valence-electron chi connectivity index (χ0n) is 14.8. The highest BCUT2D eigenvalue weighted by Crippen LogP contribution is 2.36. The average molecular weight is 301 g/mol. The first-order chi connectivity index (χ1) is 9.10. The van der Waals surface area contributed by atoms with Gasteiger partial charge in [0.05, 0.1) is 0 Å². The van der Waals surface area contributed by atoms with E-state index in [1.54, 1.807) is 0 Å². The van der Waals surface area contributed by atoms with Crippen LogP contribution in [0, 0.1) is 11.8 Å². The second-order valence-corrected chi connectivity index (χ2v) is 12.8. The lowest BCUT2D eigenvalue weighted by molar-refractivity contribution is -0.111. The lowest BCUT2D eigenvalue weighted by Gasteiger charge is -2.36. The van der Waals surface area contributed by atoms with E-state index in [9.17, 15) is 4.79 Å². The van der Waals surface area contributed by atoms with Gasteiger partial charge in [-0.25, -0.2) is 0 Å². The van der Waals surface area contributed by atoms with Crippen molar-refractivity contribution >= 4 is 14.6 Å². The Balaban J connectivity index is 3.75. The van der Waals surface area contributed by atoms with Gasteiger partial charge in [-0.05, 0) is 43.3 Å². The summed E-state index contributed by atoms with van der Waals surface area (Å²) in [7, 11) is -1.57. The second kappa shape index (κ2) is 8.99. The lowest BCUT2D eigenvalue weighted by atomic mass is 9.93. The summed E-state index contributed by atoms with van der Waals surface area (Å²) in [5.41, 5.74) is 0. The molecule has 0 aromatic heterocycles. The van der Waals surface area contributed by atoms with Crippen molar-refractivity contribution < 1.29 is 9.22 Å². The van der Waals surface area contributed by atoms with Crippen LogP contribution in [0.25, 0.3) is 0 Å². The van der Waals surface area contributed by atoms with E-state index in [0.29, 0.717) is 11.0 Å². The monoisotopic (exact) mass is 300 g/mol. The first-order valence-electron chi connectivity index (χ1n) is 8.19. The predicted molar refractivity (Wildman–Crippen MR) is 90.6 cm³/mol. The molecule has 0 spiro atoms. The zero-order valence-corrected chi connectivity index (χ0v) is 15.8. The second-order valence-electron chi connectivity index (χ2n) is 7.98. The van der Waals surface area contributed by atoms with E-state index in [1.165, 1.54) is 6.42 Å². The van der Waals surface area contributed by atoms with E-state index in [2.05, 4.69) is 47.7 Å². The summed E-state index contributed by atoms with van der Waals surface area (Å²) >= 11 is 0. The molecule has 120 valence electrons. The van der Waals surface area contributed by atoms with Crippen LogP contribution in [0.15, 0.2) is 0 Å². The highest BCUT2D eigenvalue weighted by molar-refractivity contribution is 6.74. The number of unbranched alkanes of at least 4 members (excludes halogenated alkanes) is 2. The first-order valence-corrected chi connectivity index (χ1v) is 11.1. The molecule has 0 fully saturated rings. The van der Waals surface area contributed by atoms with Crippen LogP contribution in [0.4, 0.5) is 0 Å². The van der Waals surface area contributed by atoms with Crippen molar-refractivity contribution in [2.45, 2.75) is 84.9 Å². The molecule has 20 heavy (non-hydrogen) atoms. The Morgan fingerprint density at radius 3 is 2.15 bits per heavy atom. The van der Waals surface area contributed by atoms with Gasteiger partial charge in [0, 0.05) is 12.5 Å². The molecule has 0 aromatic rings. The number of hydrogen-bond acceptors (Lipinski definition) is 2. The molecule has 0 aliphatic heterocycles. The van der Waals surface area contributed by atoms with Gasteiger partial charge in [-0.1, -0.05) is 47.5 Å². The molecule has 0 N–H and O–H groups in total. The number of carbonyl (C=O) groups excluding carboxylic acids is 1. The lowest BCUT2D eigenvalue weighted by Crippen LogP contribution is -2.40. The van der Waals surface area contributed by atoms with E-state index >= 15 is 0 Å². The highest BCUT2D eigenvalue weighted by Gasteiger charge is 2.36. The van der Waals surface area contributed by atoms with E-state index in [-0.39, 0.29) is 5.92 Å². The van der Waals surface area contributed by atoms with Crippen molar-refractivity contribution in [1.82, 2.24) is 0 Å². The standard InChI is InChI=1S/C17H36O2Si/c1-15(2)13-16(14-18)11-9-8-10-12-19-20(6,7)17(3,4)5/h14-16H,8-13H2,1-7H3. The molecule has 0 aromatic carbocycles. The van der Waals surface area contributed by atoms with Crippen molar-refractivity contribution in [2.75, 3.05) is 6.61 Å².